The Balaban J connectivity index is 2.31. The van der Waals surface area contributed by atoms with Crippen LogP contribution in [0.1, 0.15) is 10.4 Å². The van der Waals surface area contributed by atoms with Crippen molar-refractivity contribution >= 4 is 33.1 Å². The molecular weight excluding hydrogens is 358 g/mol. The summed E-state index contributed by atoms with van der Waals surface area (Å²) in [6, 6.07) is -0.496. The van der Waals surface area contributed by atoms with Gasteiger partial charge in [-0.15, -0.1) is 11.3 Å². The van der Waals surface area contributed by atoms with Crippen molar-refractivity contribution in [3.63, 3.8) is 0 Å². The second kappa shape index (κ2) is 6.54. The van der Waals surface area contributed by atoms with E-state index in [0.717, 1.165) is 5.38 Å². The second-order valence-corrected chi connectivity index (χ2v) is 6.35. The number of phenolic OH excluding ortho intramolecular Hbond substituents is 1. The van der Waals surface area contributed by atoms with E-state index < -0.39 is 51.5 Å². The van der Waals surface area contributed by atoms with E-state index in [0.29, 0.717) is 11.3 Å². The summed E-state index contributed by atoms with van der Waals surface area (Å²) in [7, 11) is 0. The number of carboxylic acid groups (broad SMARTS) is 1. The van der Waals surface area contributed by atoms with Gasteiger partial charge in [0.2, 0.25) is 5.43 Å². The fraction of sp³-hybridized carbons (Fsp3) is 0.333. The number of aromatic carboxylic acids is 1. The predicted molar refractivity (Wildman–Crippen MR) is 87.6 cm³/mol. The number of halogens is 2. The van der Waals surface area contributed by atoms with Gasteiger partial charge in [0.1, 0.15) is 11.3 Å². The normalized spacial score (nSPS) is 17.9. The largest absolute Gasteiger partial charge is 0.504 e. The third-order valence-corrected chi connectivity index (χ3v) is 5.04. The lowest BCUT2D eigenvalue weighted by molar-refractivity contribution is 0.0696. The first kappa shape index (κ1) is 17.5. The summed E-state index contributed by atoms with van der Waals surface area (Å²) in [5, 5.41) is 19.4. The first-order chi connectivity index (χ1) is 11.9. The number of phenols is 1. The number of benzene rings is 1. The van der Waals surface area contributed by atoms with Crippen LogP contribution >= 0.6 is 11.3 Å². The lowest BCUT2D eigenvalue weighted by Crippen LogP contribution is -2.50. The third-order valence-electron chi connectivity index (χ3n) is 4.07. The molecular formula is C15H14F2N2O5S. The van der Waals surface area contributed by atoms with Gasteiger partial charge < -0.3 is 25.6 Å². The molecule has 134 valence electrons. The number of fused-ring (bicyclic) bond motifs is 1. The molecule has 2 aromatic rings. The molecule has 0 spiro atoms. The van der Waals surface area contributed by atoms with E-state index >= 15 is 0 Å². The highest BCUT2D eigenvalue weighted by molar-refractivity contribution is 7.16. The maximum absolute atomic E-state index is 15.0. The second-order valence-electron chi connectivity index (χ2n) is 5.47. The molecule has 1 aliphatic rings. The number of hydrogen-bond acceptors (Lipinski definition) is 7. The highest BCUT2D eigenvalue weighted by Crippen LogP contribution is 2.39. The summed E-state index contributed by atoms with van der Waals surface area (Å²) in [5.41, 5.74) is 3.32. The molecule has 25 heavy (non-hydrogen) atoms. The van der Waals surface area contributed by atoms with E-state index in [2.05, 4.69) is 0 Å². The molecule has 1 aliphatic heterocycles. The van der Waals surface area contributed by atoms with Gasteiger partial charge >= 0.3 is 5.97 Å². The van der Waals surface area contributed by atoms with Crippen molar-refractivity contribution in [2.75, 3.05) is 31.2 Å². The van der Waals surface area contributed by atoms with E-state index in [9.17, 15) is 23.5 Å². The molecule has 1 unspecified atom stereocenters. The number of morpholine rings is 1. The fourth-order valence-corrected chi connectivity index (χ4v) is 3.77. The minimum Gasteiger partial charge on any atom is -0.504 e. The van der Waals surface area contributed by atoms with Crippen molar-refractivity contribution in [1.82, 2.24) is 0 Å². The average Bonchev–Trinajstić information content (AvgIpc) is 2.59. The number of aromatic hydroxyl groups is 1. The minimum absolute atomic E-state index is 0.0753. The Bertz CT molecular complexity index is 917. The van der Waals surface area contributed by atoms with Gasteiger partial charge in [0, 0.05) is 18.5 Å². The Morgan fingerprint density at radius 2 is 2.16 bits per heavy atom. The molecule has 0 aliphatic carbocycles. The van der Waals surface area contributed by atoms with Gasteiger partial charge in [0.05, 0.1) is 29.3 Å². The van der Waals surface area contributed by atoms with Crippen molar-refractivity contribution < 1.29 is 28.5 Å². The molecule has 1 aromatic heterocycles. The van der Waals surface area contributed by atoms with E-state index in [4.69, 9.17) is 15.6 Å². The monoisotopic (exact) mass is 372 g/mol. The minimum atomic E-state index is -1.54. The summed E-state index contributed by atoms with van der Waals surface area (Å²) in [4.78, 5) is 24.6. The molecule has 1 saturated heterocycles. The SMILES string of the molecule is NCC1COCCN1c1c(F)c(O)c2c(=O)c(C(=O)O)csc2c1F. The first-order valence-corrected chi connectivity index (χ1v) is 8.19. The topological polar surface area (TPSA) is 113 Å². The lowest BCUT2D eigenvalue weighted by Gasteiger charge is -2.37. The highest BCUT2D eigenvalue weighted by atomic mass is 32.1. The Labute approximate surface area is 143 Å². The zero-order valence-corrected chi connectivity index (χ0v) is 13.6. The third kappa shape index (κ3) is 2.71. The van der Waals surface area contributed by atoms with Crippen LogP contribution in [-0.4, -0.2) is 48.5 Å². The Morgan fingerprint density at radius 3 is 2.80 bits per heavy atom. The summed E-state index contributed by atoms with van der Waals surface area (Å²) in [6.07, 6.45) is 0. The first-order valence-electron chi connectivity index (χ1n) is 7.31. The van der Waals surface area contributed by atoms with E-state index in [1.165, 1.54) is 4.90 Å². The standard InChI is InChI=1S/C15H14F2N2O5S/c16-9-11(19-1-2-24-4-6(19)3-18)10(17)14-8(13(9)21)12(20)7(5-25-14)15(22)23/h5-6,21H,1-4,18H2,(H,22,23). The average molecular weight is 372 g/mol. The molecule has 1 fully saturated rings. The van der Waals surface area contributed by atoms with Gasteiger partial charge in [-0.1, -0.05) is 0 Å². The number of rotatable bonds is 3. The van der Waals surface area contributed by atoms with Crippen LogP contribution < -0.4 is 16.1 Å². The van der Waals surface area contributed by atoms with Gasteiger partial charge in [-0.05, 0) is 0 Å². The Kier molecular flexibility index (Phi) is 4.58. The van der Waals surface area contributed by atoms with E-state index in [1.807, 2.05) is 0 Å². The van der Waals surface area contributed by atoms with Crippen LogP contribution in [0.4, 0.5) is 14.5 Å². The quantitative estimate of drug-likeness (QED) is 0.740. The van der Waals surface area contributed by atoms with Crippen molar-refractivity contribution in [3.05, 3.63) is 32.8 Å². The van der Waals surface area contributed by atoms with Crippen LogP contribution in [0.2, 0.25) is 0 Å². The lowest BCUT2D eigenvalue weighted by atomic mass is 10.1. The van der Waals surface area contributed by atoms with E-state index in [-0.39, 0.29) is 31.0 Å². The summed E-state index contributed by atoms with van der Waals surface area (Å²) >= 11 is 0.611. The van der Waals surface area contributed by atoms with Crippen molar-refractivity contribution in [2.24, 2.45) is 5.73 Å². The van der Waals surface area contributed by atoms with Gasteiger partial charge in [0.25, 0.3) is 0 Å². The van der Waals surface area contributed by atoms with Gasteiger partial charge in [-0.25, -0.2) is 13.6 Å². The molecule has 4 N–H and O–H groups in total. The van der Waals surface area contributed by atoms with Crippen LogP contribution in [0.5, 0.6) is 5.75 Å². The summed E-state index contributed by atoms with van der Waals surface area (Å²) < 4.78 is 34.6. The molecule has 0 radical (unpaired) electrons. The molecule has 3 rings (SSSR count). The van der Waals surface area contributed by atoms with Crippen LogP contribution in [0.15, 0.2) is 10.2 Å². The molecule has 7 nitrogen and oxygen atoms in total. The molecule has 1 aromatic carbocycles. The van der Waals surface area contributed by atoms with Gasteiger partial charge in [0.15, 0.2) is 17.4 Å². The van der Waals surface area contributed by atoms with Crippen molar-refractivity contribution in [3.8, 4) is 5.75 Å². The molecule has 10 heteroatoms. The maximum atomic E-state index is 15.0. The molecule has 2 heterocycles. The zero-order valence-electron chi connectivity index (χ0n) is 12.8. The van der Waals surface area contributed by atoms with Crippen LogP contribution in [0, 0.1) is 11.6 Å². The van der Waals surface area contributed by atoms with Gasteiger partial charge in [-0.3, -0.25) is 4.79 Å². The predicted octanol–water partition coefficient (Wildman–Crippen LogP) is 1.11. The van der Waals surface area contributed by atoms with E-state index in [1.54, 1.807) is 0 Å². The fourth-order valence-electron chi connectivity index (χ4n) is 2.81. The van der Waals surface area contributed by atoms with Crippen LogP contribution in [0.3, 0.4) is 0 Å². The zero-order chi connectivity index (χ0) is 18.3. The highest BCUT2D eigenvalue weighted by Gasteiger charge is 2.32. The Morgan fingerprint density at radius 1 is 1.44 bits per heavy atom. The smallest absolute Gasteiger partial charge is 0.340 e. The molecule has 1 atom stereocenters. The van der Waals surface area contributed by atoms with Crippen molar-refractivity contribution in [1.29, 1.82) is 0 Å². The molecule has 0 saturated carbocycles. The molecule has 0 bridgehead atoms. The molecule has 0 amide bonds. The van der Waals surface area contributed by atoms with Gasteiger partial charge in [-0.2, -0.15) is 0 Å². The number of ether oxygens (including phenoxy) is 1. The van der Waals surface area contributed by atoms with Crippen LogP contribution in [0.25, 0.3) is 10.1 Å². The van der Waals surface area contributed by atoms with Crippen LogP contribution in [-0.2, 0) is 4.74 Å². The van der Waals surface area contributed by atoms with Crippen molar-refractivity contribution in [2.45, 2.75) is 6.04 Å². The number of carboxylic acids is 1. The number of nitrogens with zero attached hydrogens (tertiary/aromatic N) is 1. The Hall–Kier alpha value is -2.30. The maximum Gasteiger partial charge on any atom is 0.340 e. The number of hydrogen-bond donors (Lipinski definition) is 3. The summed E-state index contributed by atoms with van der Waals surface area (Å²) in [6.45, 7) is 0.624. The summed E-state index contributed by atoms with van der Waals surface area (Å²) in [5.74, 6) is -4.97. The number of anilines is 1. The number of carbonyl (C=O) groups is 1. The number of nitrogens with two attached hydrogens (primary N) is 1.